The average Bonchev–Trinajstić information content (AvgIpc) is 2.37. The van der Waals surface area contributed by atoms with Crippen molar-refractivity contribution in [1.29, 1.82) is 0 Å². The molecule has 0 aromatic heterocycles. The standard InChI is InChI=1S/C14H21ClN2O4/c1-3-20-12-5-10(7-17-6-9(2)18)4-11(15)14(12)21-8-13(16)19/h4-5,9,17-18H,3,6-8H2,1-2H3,(H2,16,19). The lowest BCUT2D eigenvalue weighted by Gasteiger charge is -2.15. The fourth-order valence-electron chi connectivity index (χ4n) is 1.70. The second-order valence-electron chi connectivity index (χ2n) is 4.57. The summed E-state index contributed by atoms with van der Waals surface area (Å²) in [4.78, 5) is 10.8. The van der Waals surface area contributed by atoms with Gasteiger partial charge < -0.3 is 25.6 Å². The Balaban J connectivity index is 2.86. The van der Waals surface area contributed by atoms with E-state index in [-0.39, 0.29) is 6.61 Å². The van der Waals surface area contributed by atoms with Gasteiger partial charge in [0, 0.05) is 13.1 Å². The van der Waals surface area contributed by atoms with Gasteiger partial charge in [0.15, 0.2) is 18.1 Å². The smallest absolute Gasteiger partial charge is 0.255 e. The van der Waals surface area contributed by atoms with Crippen LogP contribution < -0.4 is 20.5 Å². The van der Waals surface area contributed by atoms with Crippen LogP contribution in [0.1, 0.15) is 19.4 Å². The van der Waals surface area contributed by atoms with Crippen molar-refractivity contribution < 1.29 is 19.4 Å². The third kappa shape index (κ3) is 6.20. The van der Waals surface area contributed by atoms with Gasteiger partial charge in [0.05, 0.1) is 17.7 Å². The van der Waals surface area contributed by atoms with Crippen molar-refractivity contribution >= 4 is 17.5 Å². The first-order valence-electron chi connectivity index (χ1n) is 6.69. The van der Waals surface area contributed by atoms with Crippen molar-refractivity contribution in [3.63, 3.8) is 0 Å². The van der Waals surface area contributed by atoms with E-state index in [9.17, 15) is 9.90 Å². The fourth-order valence-corrected chi connectivity index (χ4v) is 1.98. The van der Waals surface area contributed by atoms with E-state index < -0.39 is 12.0 Å². The predicted octanol–water partition coefficient (Wildman–Crippen LogP) is 1.07. The van der Waals surface area contributed by atoms with Crippen LogP contribution >= 0.6 is 11.6 Å². The largest absolute Gasteiger partial charge is 0.490 e. The summed E-state index contributed by atoms with van der Waals surface area (Å²) in [5.74, 6) is 0.174. The molecule has 1 rings (SSSR count). The Kier molecular flexibility index (Phi) is 7.28. The summed E-state index contributed by atoms with van der Waals surface area (Å²) in [7, 11) is 0. The molecule has 1 aromatic carbocycles. The van der Waals surface area contributed by atoms with Crippen molar-refractivity contribution in [3.05, 3.63) is 22.7 Å². The van der Waals surface area contributed by atoms with Gasteiger partial charge in [0.1, 0.15) is 0 Å². The highest BCUT2D eigenvalue weighted by Gasteiger charge is 2.13. The molecule has 1 unspecified atom stereocenters. The topological polar surface area (TPSA) is 93.8 Å². The van der Waals surface area contributed by atoms with Crippen molar-refractivity contribution in [2.45, 2.75) is 26.5 Å². The second kappa shape index (κ2) is 8.71. The molecular weight excluding hydrogens is 296 g/mol. The third-order valence-corrected chi connectivity index (χ3v) is 2.78. The van der Waals surface area contributed by atoms with Crippen LogP contribution in [0.2, 0.25) is 5.02 Å². The number of primary amides is 1. The molecule has 0 aliphatic rings. The van der Waals surface area contributed by atoms with E-state index in [1.165, 1.54) is 0 Å². The van der Waals surface area contributed by atoms with Gasteiger partial charge in [-0.05, 0) is 31.5 Å². The molecule has 7 heteroatoms. The number of carbonyl (C=O) groups is 1. The first-order chi connectivity index (χ1) is 9.93. The molecule has 0 saturated carbocycles. The van der Waals surface area contributed by atoms with E-state index >= 15 is 0 Å². The molecule has 0 aliphatic heterocycles. The molecule has 0 spiro atoms. The Morgan fingerprint density at radius 1 is 1.48 bits per heavy atom. The molecule has 4 N–H and O–H groups in total. The number of benzene rings is 1. The summed E-state index contributed by atoms with van der Waals surface area (Å²) in [6.07, 6.45) is -0.426. The van der Waals surface area contributed by atoms with Crippen LogP contribution in [-0.4, -0.2) is 36.9 Å². The second-order valence-corrected chi connectivity index (χ2v) is 4.98. The highest BCUT2D eigenvalue weighted by molar-refractivity contribution is 6.32. The molecule has 0 heterocycles. The van der Waals surface area contributed by atoms with Gasteiger partial charge in [-0.1, -0.05) is 11.6 Å². The van der Waals surface area contributed by atoms with Gasteiger partial charge in [0.2, 0.25) is 0 Å². The maximum Gasteiger partial charge on any atom is 0.255 e. The number of hydrogen-bond acceptors (Lipinski definition) is 5. The van der Waals surface area contributed by atoms with Crippen LogP contribution in [-0.2, 0) is 11.3 Å². The van der Waals surface area contributed by atoms with Gasteiger partial charge in [-0.15, -0.1) is 0 Å². The zero-order chi connectivity index (χ0) is 15.8. The monoisotopic (exact) mass is 316 g/mol. The van der Waals surface area contributed by atoms with E-state index in [0.29, 0.717) is 36.2 Å². The minimum absolute atomic E-state index is 0.264. The fraction of sp³-hybridized carbons (Fsp3) is 0.500. The summed E-state index contributed by atoms with van der Waals surface area (Å²) in [6.45, 7) is 4.71. The molecule has 0 saturated heterocycles. The third-order valence-electron chi connectivity index (χ3n) is 2.50. The highest BCUT2D eigenvalue weighted by atomic mass is 35.5. The van der Waals surface area contributed by atoms with Gasteiger partial charge in [-0.25, -0.2) is 0 Å². The highest BCUT2D eigenvalue weighted by Crippen LogP contribution is 2.36. The lowest BCUT2D eigenvalue weighted by atomic mass is 10.2. The first-order valence-corrected chi connectivity index (χ1v) is 7.07. The number of carbonyl (C=O) groups excluding carboxylic acids is 1. The van der Waals surface area contributed by atoms with E-state index in [1.54, 1.807) is 19.1 Å². The molecule has 21 heavy (non-hydrogen) atoms. The molecule has 0 fully saturated rings. The Morgan fingerprint density at radius 2 is 2.19 bits per heavy atom. The van der Waals surface area contributed by atoms with E-state index in [4.69, 9.17) is 26.8 Å². The van der Waals surface area contributed by atoms with Crippen LogP contribution in [0.3, 0.4) is 0 Å². The molecule has 1 amide bonds. The molecular formula is C14H21ClN2O4. The van der Waals surface area contributed by atoms with E-state index in [1.807, 2.05) is 6.92 Å². The minimum atomic E-state index is -0.587. The predicted molar refractivity (Wildman–Crippen MR) is 80.7 cm³/mol. The van der Waals surface area contributed by atoms with Crippen LogP contribution in [0.4, 0.5) is 0 Å². The number of amides is 1. The zero-order valence-electron chi connectivity index (χ0n) is 12.2. The zero-order valence-corrected chi connectivity index (χ0v) is 12.9. The number of aliphatic hydroxyl groups is 1. The maximum atomic E-state index is 10.8. The molecule has 6 nitrogen and oxygen atoms in total. The number of halogens is 1. The lowest BCUT2D eigenvalue weighted by molar-refractivity contribution is -0.119. The number of hydrogen-bond donors (Lipinski definition) is 3. The van der Waals surface area contributed by atoms with Crippen LogP contribution in [0.15, 0.2) is 12.1 Å². The molecule has 0 aliphatic carbocycles. The Hall–Kier alpha value is -1.50. The summed E-state index contributed by atoms with van der Waals surface area (Å²) < 4.78 is 10.8. The quantitative estimate of drug-likeness (QED) is 0.633. The van der Waals surface area contributed by atoms with Gasteiger partial charge in [-0.3, -0.25) is 4.79 Å². The SMILES string of the molecule is CCOc1cc(CNCC(C)O)cc(Cl)c1OCC(N)=O. The molecule has 1 atom stereocenters. The van der Waals surface area contributed by atoms with E-state index in [0.717, 1.165) is 5.56 Å². The summed E-state index contributed by atoms with van der Waals surface area (Å²) in [5, 5.41) is 12.6. The van der Waals surface area contributed by atoms with Crippen molar-refractivity contribution in [1.82, 2.24) is 5.32 Å². The summed E-state index contributed by atoms with van der Waals surface area (Å²) in [6, 6.07) is 3.50. The number of aliphatic hydroxyl groups excluding tert-OH is 1. The average molecular weight is 317 g/mol. The Labute approximate surface area is 129 Å². The first kappa shape index (κ1) is 17.6. The summed E-state index contributed by atoms with van der Waals surface area (Å²) >= 11 is 6.16. The number of rotatable bonds is 9. The van der Waals surface area contributed by atoms with Gasteiger partial charge in [0.25, 0.3) is 5.91 Å². The van der Waals surface area contributed by atoms with Crippen LogP contribution in [0, 0.1) is 0 Å². The van der Waals surface area contributed by atoms with Crippen LogP contribution in [0.25, 0.3) is 0 Å². The number of ether oxygens (including phenoxy) is 2. The summed E-state index contributed by atoms with van der Waals surface area (Å²) in [5.41, 5.74) is 5.94. The van der Waals surface area contributed by atoms with Gasteiger partial charge in [-0.2, -0.15) is 0 Å². The van der Waals surface area contributed by atoms with Gasteiger partial charge >= 0.3 is 0 Å². The number of nitrogens with two attached hydrogens (primary N) is 1. The van der Waals surface area contributed by atoms with Crippen molar-refractivity contribution in [3.8, 4) is 11.5 Å². The van der Waals surface area contributed by atoms with Crippen molar-refractivity contribution in [2.24, 2.45) is 5.73 Å². The Bertz CT molecular complexity index is 480. The normalized spacial score (nSPS) is 12.0. The van der Waals surface area contributed by atoms with E-state index in [2.05, 4.69) is 5.32 Å². The molecule has 0 bridgehead atoms. The molecule has 1 aromatic rings. The lowest BCUT2D eigenvalue weighted by Crippen LogP contribution is -2.24. The molecule has 118 valence electrons. The Morgan fingerprint density at radius 3 is 2.76 bits per heavy atom. The minimum Gasteiger partial charge on any atom is -0.490 e. The number of nitrogens with one attached hydrogen (secondary N) is 1. The van der Waals surface area contributed by atoms with Crippen LogP contribution in [0.5, 0.6) is 11.5 Å². The van der Waals surface area contributed by atoms with Crippen molar-refractivity contribution in [2.75, 3.05) is 19.8 Å². The maximum absolute atomic E-state index is 10.8. The molecule has 0 radical (unpaired) electrons.